The van der Waals surface area contributed by atoms with Crippen LogP contribution >= 0.6 is 0 Å². The van der Waals surface area contributed by atoms with Crippen molar-refractivity contribution in [3.8, 4) is 5.75 Å². The van der Waals surface area contributed by atoms with Gasteiger partial charge in [0.1, 0.15) is 18.5 Å². The van der Waals surface area contributed by atoms with Crippen molar-refractivity contribution >= 4 is 0 Å². The molecule has 0 fully saturated rings. The molecule has 2 atom stereocenters. The monoisotopic (exact) mass is 225 g/mol. The van der Waals surface area contributed by atoms with Gasteiger partial charge < -0.3 is 20.7 Å². The summed E-state index contributed by atoms with van der Waals surface area (Å²) in [4.78, 5) is 0. The summed E-state index contributed by atoms with van der Waals surface area (Å²) in [5.41, 5.74) is 7.85. The molecule has 1 aromatic rings. The van der Waals surface area contributed by atoms with Crippen LogP contribution < -0.4 is 10.5 Å². The maximum atomic E-state index is 9.20. The highest BCUT2D eigenvalue weighted by Crippen LogP contribution is 2.25. The highest BCUT2D eigenvalue weighted by Gasteiger charge is 2.10. The summed E-state index contributed by atoms with van der Waals surface area (Å²) in [5.74, 6) is 0.660. The second-order valence-electron chi connectivity index (χ2n) is 3.98. The Morgan fingerprint density at radius 3 is 2.69 bits per heavy atom. The van der Waals surface area contributed by atoms with Crippen LogP contribution in [-0.4, -0.2) is 29.5 Å². The van der Waals surface area contributed by atoms with E-state index in [1.54, 1.807) is 0 Å². The number of benzene rings is 1. The lowest BCUT2D eigenvalue weighted by Crippen LogP contribution is -2.22. The fourth-order valence-corrected chi connectivity index (χ4v) is 1.39. The molecule has 4 nitrogen and oxygen atoms in total. The normalized spacial score (nSPS) is 14.6. The minimum absolute atomic E-state index is 0.0687. The van der Waals surface area contributed by atoms with E-state index in [4.69, 9.17) is 15.6 Å². The quantitative estimate of drug-likeness (QED) is 0.691. The van der Waals surface area contributed by atoms with Crippen LogP contribution in [0.5, 0.6) is 5.75 Å². The Morgan fingerprint density at radius 1 is 1.44 bits per heavy atom. The van der Waals surface area contributed by atoms with Crippen LogP contribution in [-0.2, 0) is 0 Å². The molecule has 1 aromatic carbocycles. The lowest BCUT2D eigenvalue weighted by atomic mass is 10.1. The Morgan fingerprint density at radius 2 is 2.12 bits per heavy atom. The second kappa shape index (κ2) is 5.84. The van der Waals surface area contributed by atoms with E-state index >= 15 is 0 Å². The van der Waals surface area contributed by atoms with Gasteiger partial charge in [-0.15, -0.1) is 0 Å². The van der Waals surface area contributed by atoms with Crippen LogP contribution in [0.1, 0.15) is 24.1 Å². The summed E-state index contributed by atoms with van der Waals surface area (Å²) in [6.45, 7) is 3.63. The van der Waals surface area contributed by atoms with Gasteiger partial charge in [0, 0.05) is 11.6 Å². The smallest absolute Gasteiger partial charge is 0.124 e. The lowest BCUT2D eigenvalue weighted by Gasteiger charge is -2.16. The first-order valence-electron chi connectivity index (χ1n) is 5.32. The average molecular weight is 225 g/mol. The molecule has 0 aliphatic carbocycles. The van der Waals surface area contributed by atoms with Gasteiger partial charge in [-0.3, -0.25) is 0 Å². The molecule has 90 valence electrons. The fraction of sp³-hybridized carbons (Fsp3) is 0.500. The molecule has 0 aromatic heterocycles. The first-order valence-corrected chi connectivity index (χ1v) is 5.32. The number of hydrogen-bond acceptors (Lipinski definition) is 4. The van der Waals surface area contributed by atoms with Crippen LogP contribution in [0.2, 0.25) is 0 Å². The molecule has 0 radical (unpaired) electrons. The molecular formula is C12H19NO3. The SMILES string of the molecule is Cc1ccc(OCC(O)CO)c([C@@H](C)N)c1. The molecular weight excluding hydrogens is 206 g/mol. The van der Waals surface area contributed by atoms with E-state index in [0.717, 1.165) is 11.1 Å². The summed E-state index contributed by atoms with van der Waals surface area (Å²) in [7, 11) is 0. The van der Waals surface area contributed by atoms with Crippen molar-refractivity contribution in [2.75, 3.05) is 13.2 Å². The molecule has 4 N–H and O–H groups in total. The first kappa shape index (κ1) is 13.0. The molecule has 0 spiro atoms. The van der Waals surface area contributed by atoms with Gasteiger partial charge in [0.25, 0.3) is 0 Å². The summed E-state index contributed by atoms with van der Waals surface area (Å²) in [6, 6.07) is 5.59. The largest absolute Gasteiger partial charge is 0.490 e. The number of aliphatic hydroxyl groups is 2. The van der Waals surface area contributed by atoms with E-state index in [2.05, 4.69) is 0 Å². The third-order valence-electron chi connectivity index (χ3n) is 2.30. The van der Waals surface area contributed by atoms with Crippen molar-refractivity contribution in [1.29, 1.82) is 0 Å². The van der Waals surface area contributed by atoms with E-state index in [-0.39, 0.29) is 19.3 Å². The predicted molar refractivity (Wildman–Crippen MR) is 62.4 cm³/mol. The van der Waals surface area contributed by atoms with Crippen LogP contribution in [0.25, 0.3) is 0 Å². The Bertz CT molecular complexity index is 339. The van der Waals surface area contributed by atoms with Gasteiger partial charge in [-0.1, -0.05) is 17.7 Å². The van der Waals surface area contributed by atoms with Gasteiger partial charge in [-0.05, 0) is 19.9 Å². The lowest BCUT2D eigenvalue weighted by molar-refractivity contribution is 0.0532. The predicted octanol–water partition coefficient (Wildman–Crippen LogP) is 0.747. The van der Waals surface area contributed by atoms with Crippen LogP contribution in [0.4, 0.5) is 0 Å². The van der Waals surface area contributed by atoms with Gasteiger partial charge >= 0.3 is 0 Å². The summed E-state index contributed by atoms with van der Waals surface area (Å²) in [6.07, 6.45) is -0.859. The second-order valence-corrected chi connectivity index (χ2v) is 3.98. The van der Waals surface area contributed by atoms with Gasteiger partial charge in [-0.2, -0.15) is 0 Å². The standard InChI is InChI=1S/C12H19NO3/c1-8-3-4-12(11(5-8)9(2)13)16-7-10(15)6-14/h3-5,9-10,14-15H,6-7,13H2,1-2H3/t9-,10?/m1/s1. The molecule has 16 heavy (non-hydrogen) atoms. The summed E-state index contributed by atoms with van der Waals surface area (Å²) < 4.78 is 5.42. The van der Waals surface area contributed by atoms with Crippen LogP contribution in [0, 0.1) is 6.92 Å². The third kappa shape index (κ3) is 3.48. The Kier molecular flexibility index (Phi) is 4.73. The molecule has 4 heteroatoms. The van der Waals surface area contributed by atoms with E-state index < -0.39 is 6.10 Å². The fourth-order valence-electron chi connectivity index (χ4n) is 1.39. The van der Waals surface area contributed by atoms with E-state index in [1.807, 2.05) is 32.0 Å². The van der Waals surface area contributed by atoms with Crippen LogP contribution in [0.15, 0.2) is 18.2 Å². The molecule has 0 saturated heterocycles. The van der Waals surface area contributed by atoms with E-state index in [0.29, 0.717) is 5.75 Å². The zero-order valence-corrected chi connectivity index (χ0v) is 9.68. The van der Waals surface area contributed by atoms with Crippen molar-refractivity contribution in [2.24, 2.45) is 5.73 Å². The molecule has 0 aliphatic heterocycles. The number of ether oxygens (including phenoxy) is 1. The highest BCUT2D eigenvalue weighted by molar-refractivity contribution is 5.38. The van der Waals surface area contributed by atoms with Crippen molar-refractivity contribution in [3.05, 3.63) is 29.3 Å². The molecule has 0 heterocycles. The zero-order chi connectivity index (χ0) is 12.1. The van der Waals surface area contributed by atoms with E-state index in [9.17, 15) is 5.11 Å². The van der Waals surface area contributed by atoms with Gasteiger partial charge in [-0.25, -0.2) is 0 Å². The van der Waals surface area contributed by atoms with Gasteiger partial charge in [0.05, 0.1) is 6.61 Å². The van der Waals surface area contributed by atoms with Crippen molar-refractivity contribution in [2.45, 2.75) is 26.0 Å². The van der Waals surface area contributed by atoms with Crippen molar-refractivity contribution in [1.82, 2.24) is 0 Å². The molecule has 0 bridgehead atoms. The molecule has 0 saturated carbocycles. The summed E-state index contributed by atoms with van der Waals surface area (Å²) in [5, 5.41) is 17.9. The number of aliphatic hydroxyl groups excluding tert-OH is 2. The topological polar surface area (TPSA) is 75.7 Å². The molecule has 1 unspecified atom stereocenters. The molecule has 1 rings (SSSR count). The van der Waals surface area contributed by atoms with Crippen LogP contribution in [0.3, 0.4) is 0 Å². The zero-order valence-electron chi connectivity index (χ0n) is 9.68. The summed E-state index contributed by atoms with van der Waals surface area (Å²) >= 11 is 0. The Labute approximate surface area is 95.7 Å². The van der Waals surface area contributed by atoms with Crippen molar-refractivity contribution in [3.63, 3.8) is 0 Å². The number of rotatable bonds is 5. The maximum absolute atomic E-state index is 9.20. The van der Waals surface area contributed by atoms with Gasteiger partial charge in [0.2, 0.25) is 0 Å². The third-order valence-corrected chi connectivity index (χ3v) is 2.30. The Hall–Kier alpha value is -1.10. The number of aryl methyl sites for hydroxylation is 1. The number of hydrogen-bond donors (Lipinski definition) is 3. The Balaban J connectivity index is 2.78. The number of nitrogens with two attached hydrogens (primary N) is 1. The molecule has 0 amide bonds. The van der Waals surface area contributed by atoms with Crippen molar-refractivity contribution < 1.29 is 14.9 Å². The maximum Gasteiger partial charge on any atom is 0.124 e. The minimum Gasteiger partial charge on any atom is -0.490 e. The first-order chi connectivity index (χ1) is 7.54. The molecule has 0 aliphatic rings. The van der Waals surface area contributed by atoms with Gasteiger partial charge in [0.15, 0.2) is 0 Å². The minimum atomic E-state index is -0.859. The average Bonchev–Trinajstić information content (AvgIpc) is 2.26. The van der Waals surface area contributed by atoms with E-state index in [1.165, 1.54) is 0 Å². The highest BCUT2D eigenvalue weighted by atomic mass is 16.5.